The summed E-state index contributed by atoms with van der Waals surface area (Å²) in [5.41, 5.74) is 3.73. The zero-order valence-electron chi connectivity index (χ0n) is 18.4. The minimum Gasteiger partial charge on any atom is -0.490 e. The number of benzene rings is 3. The van der Waals surface area contributed by atoms with E-state index in [-0.39, 0.29) is 10.6 Å². The van der Waals surface area contributed by atoms with E-state index in [1.165, 1.54) is 12.3 Å². The molecule has 0 heterocycles. The number of hydrazone groups is 1. The highest BCUT2D eigenvalue weighted by Crippen LogP contribution is 2.37. The van der Waals surface area contributed by atoms with E-state index in [1.54, 1.807) is 12.1 Å². The molecule has 34 heavy (non-hydrogen) atoms. The summed E-state index contributed by atoms with van der Waals surface area (Å²) >= 11 is 6.40. The van der Waals surface area contributed by atoms with E-state index in [0.717, 1.165) is 29.3 Å². The smallest absolute Gasteiger partial charge is 0.416 e. The second-order valence-electron chi connectivity index (χ2n) is 7.31. The number of carbonyl (C=O) groups excluding carboxylic acids is 1. The van der Waals surface area contributed by atoms with Gasteiger partial charge in [0.15, 0.2) is 11.5 Å². The second-order valence-corrected chi connectivity index (χ2v) is 7.72. The third-order valence-corrected chi connectivity index (χ3v) is 4.95. The lowest BCUT2D eigenvalue weighted by Crippen LogP contribution is -2.18. The number of nitrogens with zero attached hydrogens (tertiary/aromatic N) is 1. The van der Waals surface area contributed by atoms with Gasteiger partial charge in [-0.3, -0.25) is 4.79 Å². The largest absolute Gasteiger partial charge is 0.490 e. The van der Waals surface area contributed by atoms with Crippen LogP contribution in [0.15, 0.2) is 65.8 Å². The normalized spacial score (nSPS) is 11.5. The molecule has 0 aromatic heterocycles. The third-order valence-electron chi connectivity index (χ3n) is 4.67. The fourth-order valence-electron chi connectivity index (χ4n) is 2.97. The van der Waals surface area contributed by atoms with Crippen LogP contribution in [0.1, 0.15) is 39.5 Å². The van der Waals surface area contributed by atoms with Crippen LogP contribution >= 0.6 is 11.6 Å². The molecule has 3 aromatic carbocycles. The van der Waals surface area contributed by atoms with Crippen molar-refractivity contribution in [3.63, 3.8) is 0 Å². The number of amides is 1. The van der Waals surface area contributed by atoms with Crippen LogP contribution in [0.25, 0.3) is 0 Å². The van der Waals surface area contributed by atoms with E-state index < -0.39 is 17.6 Å². The van der Waals surface area contributed by atoms with Crippen molar-refractivity contribution in [1.82, 2.24) is 5.43 Å². The van der Waals surface area contributed by atoms with Gasteiger partial charge in [-0.1, -0.05) is 47.5 Å². The van der Waals surface area contributed by atoms with Crippen molar-refractivity contribution in [3.8, 4) is 11.5 Å². The molecule has 178 valence electrons. The molecule has 0 aliphatic carbocycles. The summed E-state index contributed by atoms with van der Waals surface area (Å²) in [4.78, 5) is 12.2. The lowest BCUT2D eigenvalue weighted by molar-refractivity contribution is -0.137. The predicted molar refractivity (Wildman–Crippen MR) is 125 cm³/mol. The Hall–Kier alpha value is -3.52. The molecule has 0 saturated carbocycles. The van der Waals surface area contributed by atoms with Gasteiger partial charge >= 0.3 is 6.18 Å². The van der Waals surface area contributed by atoms with Crippen molar-refractivity contribution in [2.45, 2.75) is 26.6 Å². The number of ether oxygens (including phenoxy) is 2. The average Bonchev–Trinajstić information content (AvgIpc) is 2.79. The first-order valence-electron chi connectivity index (χ1n) is 10.3. The van der Waals surface area contributed by atoms with Crippen molar-refractivity contribution in [2.24, 2.45) is 5.10 Å². The van der Waals surface area contributed by atoms with Crippen LogP contribution in [0.2, 0.25) is 5.02 Å². The number of alkyl halides is 3. The highest BCUT2D eigenvalue weighted by Gasteiger charge is 2.30. The minimum absolute atomic E-state index is 0.167. The van der Waals surface area contributed by atoms with Crippen molar-refractivity contribution in [1.29, 1.82) is 0 Å². The summed E-state index contributed by atoms with van der Waals surface area (Å²) in [5, 5.41) is 4.10. The Morgan fingerprint density at radius 1 is 1.09 bits per heavy atom. The van der Waals surface area contributed by atoms with Gasteiger partial charge in [0, 0.05) is 5.56 Å². The number of rotatable bonds is 8. The van der Waals surface area contributed by atoms with Crippen LogP contribution < -0.4 is 14.9 Å². The molecular formula is C25H22ClF3N2O3. The Balaban J connectivity index is 1.72. The number of halogens is 4. The highest BCUT2D eigenvalue weighted by atomic mass is 35.5. The van der Waals surface area contributed by atoms with E-state index in [4.69, 9.17) is 21.1 Å². The van der Waals surface area contributed by atoms with Crippen molar-refractivity contribution >= 4 is 23.7 Å². The molecule has 0 atom stereocenters. The molecule has 0 aliphatic heterocycles. The van der Waals surface area contributed by atoms with Crippen LogP contribution in [-0.2, 0) is 12.8 Å². The monoisotopic (exact) mass is 490 g/mol. The molecule has 0 bridgehead atoms. The standard InChI is InChI=1S/C25H22ClF3N2O3/c1-3-33-22-12-18(11-21(26)23(22)34-15-17-9-7-16(2)8-10-17)14-30-31-24(32)19-5-4-6-20(13-19)25(27,28)29/h4-14H,3,15H2,1-2H3,(H,31,32)/b30-14-. The molecule has 3 aromatic rings. The van der Waals surface area contributed by atoms with Gasteiger partial charge in [-0.15, -0.1) is 0 Å². The lowest BCUT2D eigenvalue weighted by atomic mass is 10.1. The van der Waals surface area contributed by atoms with Crippen LogP contribution in [0.3, 0.4) is 0 Å². The van der Waals surface area contributed by atoms with E-state index in [2.05, 4.69) is 10.5 Å². The molecular weight excluding hydrogens is 469 g/mol. The molecule has 0 radical (unpaired) electrons. The van der Waals surface area contributed by atoms with Crippen molar-refractivity contribution < 1.29 is 27.4 Å². The van der Waals surface area contributed by atoms with E-state index in [0.29, 0.717) is 30.3 Å². The molecule has 0 aliphatic rings. The predicted octanol–water partition coefficient (Wildman–Crippen LogP) is 6.41. The first-order chi connectivity index (χ1) is 16.2. The first-order valence-corrected chi connectivity index (χ1v) is 10.7. The van der Waals surface area contributed by atoms with Gasteiger partial charge in [0.25, 0.3) is 5.91 Å². The fourth-order valence-corrected chi connectivity index (χ4v) is 3.25. The van der Waals surface area contributed by atoms with Crippen molar-refractivity contribution in [3.05, 3.63) is 93.5 Å². The maximum absolute atomic E-state index is 12.8. The van der Waals surface area contributed by atoms with E-state index in [9.17, 15) is 18.0 Å². The van der Waals surface area contributed by atoms with Crippen LogP contribution in [0.4, 0.5) is 13.2 Å². The molecule has 0 saturated heterocycles. The van der Waals surface area contributed by atoms with Crippen LogP contribution in [0, 0.1) is 6.92 Å². The summed E-state index contributed by atoms with van der Waals surface area (Å²) in [5.74, 6) is -0.0152. The number of carbonyl (C=O) groups is 1. The Morgan fingerprint density at radius 2 is 1.82 bits per heavy atom. The highest BCUT2D eigenvalue weighted by molar-refractivity contribution is 6.32. The third kappa shape index (κ3) is 6.74. The summed E-state index contributed by atoms with van der Waals surface area (Å²) in [7, 11) is 0. The molecule has 1 N–H and O–H groups in total. The van der Waals surface area contributed by atoms with E-state index in [1.807, 2.05) is 38.1 Å². The number of hydrogen-bond acceptors (Lipinski definition) is 4. The molecule has 0 unspecified atom stereocenters. The quantitative estimate of drug-likeness (QED) is 0.293. The molecule has 5 nitrogen and oxygen atoms in total. The van der Waals surface area contributed by atoms with Crippen LogP contribution in [-0.4, -0.2) is 18.7 Å². The Labute approximate surface area is 200 Å². The number of aryl methyl sites for hydroxylation is 1. The summed E-state index contributed by atoms with van der Waals surface area (Å²) in [6.07, 6.45) is -3.24. The zero-order valence-corrected chi connectivity index (χ0v) is 19.2. The number of nitrogens with one attached hydrogen (secondary N) is 1. The van der Waals surface area contributed by atoms with Gasteiger partial charge in [0.1, 0.15) is 6.61 Å². The topological polar surface area (TPSA) is 59.9 Å². The minimum atomic E-state index is -4.55. The molecule has 3 rings (SSSR count). The fraction of sp³-hybridized carbons (Fsp3) is 0.200. The summed E-state index contributed by atoms with van der Waals surface area (Å²) in [6, 6.07) is 15.2. The van der Waals surface area contributed by atoms with Gasteiger partial charge in [-0.25, -0.2) is 5.43 Å². The Kier molecular flexibility index (Phi) is 8.17. The Bertz CT molecular complexity index is 1180. The van der Waals surface area contributed by atoms with Gasteiger partial charge in [0.2, 0.25) is 0 Å². The molecule has 0 fully saturated rings. The van der Waals surface area contributed by atoms with Crippen molar-refractivity contribution in [2.75, 3.05) is 6.61 Å². The van der Waals surface area contributed by atoms with E-state index >= 15 is 0 Å². The first kappa shape index (κ1) is 25.1. The lowest BCUT2D eigenvalue weighted by Gasteiger charge is -2.14. The zero-order chi connectivity index (χ0) is 24.7. The maximum Gasteiger partial charge on any atom is 0.416 e. The average molecular weight is 491 g/mol. The van der Waals surface area contributed by atoms with Gasteiger partial charge in [-0.2, -0.15) is 18.3 Å². The molecule has 9 heteroatoms. The summed E-state index contributed by atoms with van der Waals surface area (Å²) in [6.45, 7) is 4.47. The SMILES string of the molecule is CCOc1cc(/C=N\NC(=O)c2cccc(C(F)(F)F)c2)cc(Cl)c1OCc1ccc(C)cc1. The number of hydrogen-bond donors (Lipinski definition) is 1. The summed E-state index contributed by atoms with van der Waals surface area (Å²) < 4.78 is 50.1. The van der Waals surface area contributed by atoms with Crippen LogP contribution in [0.5, 0.6) is 11.5 Å². The Morgan fingerprint density at radius 3 is 2.50 bits per heavy atom. The molecule has 0 spiro atoms. The molecule has 1 amide bonds. The van der Waals surface area contributed by atoms with Gasteiger partial charge < -0.3 is 9.47 Å². The van der Waals surface area contributed by atoms with Gasteiger partial charge in [-0.05, 0) is 55.3 Å². The maximum atomic E-state index is 12.8. The second kappa shape index (κ2) is 11.1. The van der Waals surface area contributed by atoms with Gasteiger partial charge in [0.05, 0.1) is 23.4 Å².